The molecule has 2 heterocycles. The Balaban J connectivity index is 0.000000707. The van der Waals surface area contributed by atoms with Crippen LogP contribution >= 0.6 is 11.8 Å². The van der Waals surface area contributed by atoms with Crippen LogP contribution < -0.4 is 10.6 Å². The van der Waals surface area contributed by atoms with Gasteiger partial charge in [0.15, 0.2) is 0 Å². The molecule has 2 amide bonds. The van der Waals surface area contributed by atoms with Crippen molar-refractivity contribution in [1.82, 2.24) is 20.4 Å². The Morgan fingerprint density at radius 2 is 1.80 bits per heavy atom. The van der Waals surface area contributed by atoms with Gasteiger partial charge in [-0.2, -0.15) is 24.9 Å². The van der Waals surface area contributed by atoms with Gasteiger partial charge in [0.05, 0.1) is 12.5 Å². The van der Waals surface area contributed by atoms with Crippen LogP contribution in [0.4, 0.5) is 13.2 Å². The van der Waals surface area contributed by atoms with Crippen LogP contribution in [0.5, 0.6) is 0 Å². The highest BCUT2D eigenvalue weighted by Gasteiger charge is 2.38. The molecule has 3 atom stereocenters. The van der Waals surface area contributed by atoms with Crippen LogP contribution in [0.2, 0.25) is 0 Å². The lowest BCUT2D eigenvalue weighted by Crippen LogP contribution is -2.50. The average Bonchev–Trinajstić information content (AvgIpc) is 3.47. The zero-order chi connectivity index (χ0) is 33.0. The maximum absolute atomic E-state index is 13.4. The highest BCUT2D eigenvalue weighted by atomic mass is 32.2. The van der Waals surface area contributed by atoms with Crippen molar-refractivity contribution in [2.24, 2.45) is 5.92 Å². The molecule has 4 N–H and O–H groups in total. The summed E-state index contributed by atoms with van der Waals surface area (Å²) in [5, 5.41) is 25.1. The summed E-state index contributed by atoms with van der Waals surface area (Å²) < 4.78 is 31.7. The molecule has 2 aromatic carbocycles. The number of nitrogens with zero attached hydrogens (tertiary/aromatic N) is 2. The van der Waals surface area contributed by atoms with Crippen molar-refractivity contribution in [2.45, 2.75) is 56.9 Å². The van der Waals surface area contributed by atoms with E-state index in [2.05, 4.69) is 39.8 Å². The monoisotopic (exact) mass is 654 g/mol. The van der Waals surface area contributed by atoms with E-state index in [1.807, 2.05) is 29.4 Å². The van der Waals surface area contributed by atoms with Gasteiger partial charge in [-0.1, -0.05) is 42.5 Å². The van der Waals surface area contributed by atoms with E-state index in [1.54, 1.807) is 11.8 Å². The van der Waals surface area contributed by atoms with E-state index >= 15 is 0 Å². The van der Waals surface area contributed by atoms with E-state index in [0.29, 0.717) is 25.3 Å². The number of hydrogen-bond donors (Lipinski definition) is 4. The van der Waals surface area contributed by atoms with Crippen molar-refractivity contribution in [3.8, 4) is 0 Å². The summed E-state index contributed by atoms with van der Waals surface area (Å²) in [7, 11) is 0. The van der Waals surface area contributed by atoms with Gasteiger partial charge in [0.1, 0.15) is 6.04 Å². The van der Waals surface area contributed by atoms with E-state index in [4.69, 9.17) is 9.90 Å². The van der Waals surface area contributed by atoms with E-state index < -0.39 is 24.2 Å². The minimum Gasteiger partial charge on any atom is -0.480 e. The first-order chi connectivity index (χ1) is 21.4. The number of likely N-dealkylation sites (tertiary alicyclic amines) is 1. The lowest BCUT2D eigenvalue weighted by Gasteiger charge is -2.34. The number of carboxylic acids is 2. The number of aliphatic carboxylic acids is 2. The van der Waals surface area contributed by atoms with E-state index in [9.17, 15) is 32.7 Å². The van der Waals surface area contributed by atoms with Crippen molar-refractivity contribution in [2.75, 3.05) is 44.7 Å². The number of amides is 2. The second kappa shape index (κ2) is 17.4. The van der Waals surface area contributed by atoms with E-state index in [0.717, 1.165) is 61.7 Å². The third-order valence-electron chi connectivity index (χ3n) is 7.90. The molecule has 2 aliphatic heterocycles. The number of carbonyl (C=O) groups excluding carboxylic acids is 2. The quantitative estimate of drug-likeness (QED) is 0.271. The number of alkyl halides is 3. The number of fused-ring (bicyclic) bond motifs is 1. The number of carboxylic acid groups (broad SMARTS) is 2. The Bertz CT molecular complexity index is 1300. The summed E-state index contributed by atoms with van der Waals surface area (Å²) in [6.45, 7) is 3.65. The smallest absolute Gasteiger partial charge is 0.480 e. The highest BCUT2D eigenvalue weighted by molar-refractivity contribution is 7.98. The second-order valence-corrected chi connectivity index (χ2v) is 12.2. The second-order valence-electron chi connectivity index (χ2n) is 11.2. The number of benzene rings is 2. The topological polar surface area (TPSA) is 139 Å². The Labute approximate surface area is 264 Å². The predicted molar refractivity (Wildman–Crippen MR) is 166 cm³/mol. The van der Waals surface area contributed by atoms with E-state index in [-0.39, 0.29) is 30.3 Å². The average molecular weight is 655 g/mol. The summed E-state index contributed by atoms with van der Waals surface area (Å²) in [5.41, 5.74) is 1.11. The number of halogens is 3. The molecule has 0 bridgehead atoms. The minimum absolute atomic E-state index is 0.0203. The molecule has 2 aliphatic rings. The zero-order valence-electron chi connectivity index (χ0n) is 25.2. The highest BCUT2D eigenvalue weighted by Crippen LogP contribution is 2.25. The van der Waals surface area contributed by atoms with Crippen molar-refractivity contribution in [3.63, 3.8) is 0 Å². The molecule has 2 fully saturated rings. The van der Waals surface area contributed by atoms with Crippen LogP contribution in [0, 0.1) is 5.92 Å². The Morgan fingerprint density at radius 1 is 1.09 bits per heavy atom. The van der Waals surface area contributed by atoms with Gasteiger partial charge in [0.2, 0.25) is 11.8 Å². The lowest BCUT2D eigenvalue weighted by molar-refractivity contribution is -0.192. The number of carbonyl (C=O) groups is 4. The summed E-state index contributed by atoms with van der Waals surface area (Å²) in [6.07, 6.45) is 1.02. The van der Waals surface area contributed by atoms with Gasteiger partial charge in [-0.3, -0.25) is 14.5 Å². The van der Waals surface area contributed by atoms with Crippen LogP contribution in [-0.4, -0.2) is 107 Å². The van der Waals surface area contributed by atoms with Crippen molar-refractivity contribution in [1.29, 1.82) is 0 Å². The number of thioether (sulfide) groups is 1. The van der Waals surface area contributed by atoms with Gasteiger partial charge >= 0.3 is 18.1 Å². The SMILES string of the molecule is CSCC[C@H](NC(=O)CN(Cc1cccc2ccccc12)C[C@@H]1CCCN1C(=O)C1CCCNC1)C(=O)O.O=C(O)C(F)(F)F. The third-order valence-corrected chi connectivity index (χ3v) is 8.55. The van der Waals surface area contributed by atoms with Crippen LogP contribution in [0.1, 0.15) is 37.7 Å². The molecule has 0 aliphatic carbocycles. The van der Waals surface area contributed by atoms with E-state index in [1.165, 1.54) is 0 Å². The predicted octanol–water partition coefficient (Wildman–Crippen LogP) is 3.59. The van der Waals surface area contributed by atoms with Gasteiger partial charge in [0, 0.05) is 32.2 Å². The minimum atomic E-state index is -5.08. The van der Waals surface area contributed by atoms with Crippen LogP contribution in [0.3, 0.4) is 0 Å². The molecule has 1 unspecified atom stereocenters. The molecule has 4 rings (SSSR count). The molecule has 2 saturated heterocycles. The fraction of sp³-hybridized carbons (Fsp3) is 0.548. The molecule has 0 radical (unpaired) electrons. The number of piperidine rings is 1. The van der Waals surface area contributed by atoms with Crippen LogP contribution in [-0.2, 0) is 25.7 Å². The molecule has 0 saturated carbocycles. The molecule has 248 valence electrons. The van der Waals surface area contributed by atoms with Gasteiger partial charge in [-0.15, -0.1) is 0 Å². The lowest BCUT2D eigenvalue weighted by atomic mass is 9.97. The van der Waals surface area contributed by atoms with Crippen molar-refractivity contribution >= 4 is 46.3 Å². The Morgan fingerprint density at radius 3 is 2.44 bits per heavy atom. The summed E-state index contributed by atoms with van der Waals surface area (Å²) in [6, 6.07) is 13.5. The van der Waals surface area contributed by atoms with Gasteiger partial charge < -0.3 is 25.7 Å². The van der Waals surface area contributed by atoms with Gasteiger partial charge in [0.25, 0.3) is 0 Å². The third kappa shape index (κ3) is 11.2. The molecule has 2 aromatic rings. The maximum Gasteiger partial charge on any atom is 0.490 e. The molecular weight excluding hydrogens is 613 g/mol. The number of rotatable bonds is 12. The molecule has 14 heteroatoms. The molecule has 0 aromatic heterocycles. The molecular formula is C31H41F3N4O6S. The standard InChI is InChI=1S/C29H40N4O4S.C2HF3O2/c1-38-16-13-26(29(36)37)31-27(34)20-32(18-23-9-4-8-21-7-2-3-12-25(21)23)19-24-11-6-15-33(24)28(35)22-10-5-14-30-17-22;3-2(4,5)1(6)7/h2-4,7-9,12,22,24,26,30H,5-6,10-11,13-20H2,1H3,(H,31,34)(H,36,37);(H,6,7)/t22?,24-,26-;/m0./s1. The number of hydrogen-bond acceptors (Lipinski definition) is 7. The summed E-state index contributed by atoms with van der Waals surface area (Å²) in [5.74, 6) is -3.17. The Hall–Kier alpha value is -3.36. The fourth-order valence-electron chi connectivity index (χ4n) is 5.70. The van der Waals surface area contributed by atoms with Crippen molar-refractivity contribution < 1.29 is 42.6 Å². The first-order valence-electron chi connectivity index (χ1n) is 14.9. The number of nitrogens with one attached hydrogen (secondary N) is 2. The maximum atomic E-state index is 13.4. The molecule has 45 heavy (non-hydrogen) atoms. The largest absolute Gasteiger partial charge is 0.490 e. The summed E-state index contributed by atoms with van der Waals surface area (Å²) in [4.78, 5) is 51.2. The molecule has 0 spiro atoms. The first-order valence-corrected chi connectivity index (χ1v) is 16.3. The molecule has 10 nitrogen and oxygen atoms in total. The van der Waals surface area contributed by atoms with Crippen molar-refractivity contribution in [3.05, 3.63) is 48.0 Å². The first kappa shape index (κ1) is 36.1. The van der Waals surface area contributed by atoms with Crippen LogP contribution in [0.25, 0.3) is 10.8 Å². The zero-order valence-corrected chi connectivity index (χ0v) is 26.0. The van der Waals surface area contributed by atoms with Crippen LogP contribution in [0.15, 0.2) is 42.5 Å². The normalized spacial score (nSPS) is 19.1. The van der Waals surface area contributed by atoms with Gasteiger partial charge in [-0.25, -0.2) is 9.59 Å². The van der Waals surface area contributed by atoms with Gasteiger partial charge in [-0.05, 0) is 67.0 Å². The summed E-state index contributed by atoms with van der Waals surface area (Å²) >= 11 is 1.56. The fourth-order valence-corrected chi connectivity index (χ4v) is 6.17. The Kier molecular flexibility index (Phi) is 13.9.